The predicted molar refractivity (Wildman–Crippen MR) is 145 cm³/mol. The van der Waals surface area contributed by atoms with Crippen molar-refractivity contribution in [3.63, 3.8) is 0 Å². The third kappa shape index (κ3) is 4.92. The second-order valence-corrected chi connectivity index (χ2v) is 14.3. The average molecular weight is 586 g/mol. The Hall–Kier alpha value is -3.34. The van der Waals surface area contributed by atoms with E-state index in [4.69, 9.17) is 25.6 Å². The van der Waals surface area contributed by atoms with Crippen LogP contribution in [0.15, 0.2) is 68.9 Å². The van der Waals surface area contributed by atoms with Crippen molar-refractivity contribution < 1.29 is 30.8 Å². The number of sulfone groups is 2. The Balaban J connectivity index is 1.33. The molecular formula is C28H24ClNO7S2. The molecule has 39 heavy (non-hydrogen) atoms. The number of halogens is 1. The second kappa shape index (κ2) is 9.39. The van der Waals surface area contributed by atoms with E-state index in [1.54, 1.807) is 12.1 Å². The summed E-state index contributed by atoms with van der Waals surface area (Å²) in [6.45, 7) is 2.05. The normalized spacial score (nSPS) is 16.1. The fourth-order valence-corrected chi connectivity index (χ4v) is 7.16. The number of hydrogen-bond donors (Lipinski definition) is 0. The van der Waals surface area contributed by atoms with Crippen molar-refractivity contribution in [2.75, 3.05) is 6.26 Å². The fraction of sp³-hybridized carbons (Fsp3) is 0.250. The zero-order valence-corrected chi connectivity index (χ0v) is 23.5. The predicted octanol–water partition coefficient (Wildman–Crippen LogP) is 6.24. The SMILES string of the molecule is Cc1cccc(Cl)c1-c1noc(C2CC2)c1COc1ccc2c(c1)S(=O)(=O)Cc1ccc(S(C)(=O)=O)cc1O2. The molecule has 8 nitrogen and oxygen atoms in total. The molecule has 1 aromatic heterocycles. The second-order valence-electron chi connectivity index (χ2n) is 9.88. The molecule has 3 aromatic carbocycles. The maximum absolute atomic E-state index is 13.3. The van der Waals surface area contributed by atoms with Crippen LogP contribution in [0.1, 0.15) is 41.2 Å². The van der Waals surface area contributed by atoms with Crippen LogP contribution < -0.4 is 9.47 Å². The van der Waals surface area contributed by atoms with Crippen LogP contribution >= 0.6 is 11.6 Å². The lowest BCUT2D eigenvalue weighted by Crippen LogP contribution is -2.05. The quantitative estimate of drug-likeness (QED) is 0.261. The van der Waals surface area contributed by atoms with Crippen molar-refractivity contribution >= 4 is 31.3 Å². The highest BCUT2D eigenvalue weighted by atomic mass is 35.5. The summed E-state index contributed by atoms with van der Waals surface area (Å²) in [7, 11) is -7.31. The lowest BCUT2D eigenvalue weighted by molar-refractivity contribution is 0.299. The lowest BCUT2D eigenvalue weighted by Gasteiger charge is -2.12. The van der Waals surface area contributed by atoms with E-state index < -0.39 is 19.7 Å². The van der Waals surface area contributed by atoms with Gasteiger partial charge in [0, 0.05) is 29.4 Å². The molecule has 1 aliphatic carbocycles. The van der Waals surface area contributed by atoms with Gasteiger partial charge in [-0.15, -0.1) is 0 Å². The van der Waals surface area contributed by atoms with Crippen molar-refractivity contribution in [2.45, 2.75) is 47.8 Å². The molecule has 0 radical (unpaired) electrons. The van der Waals surface area contributed by atoms with E-state index in [2.05, 4.69) is 5.16 Å². The number of fused-ring (bicyclic) bond motifs is 2. The van der Waals surface area contributed by atoms with E-state index in [1.165, 1.54) is 30.3 Å². The van der Waals surface area contributed by atoms with Crippen LogP contribution in [0.4, 0.5) is 0 Å². The summed E-state index contributed by atoms with van der Waals surface area (Å²) in [5, 5.41) is 4.89. The van der Waals surface area contributed by atoms with Crippen LogP contribution in [0.5, 0.6) is 17.2 Å². The largest absolute Gasteiger partial charge is 0.489 e. The van der Waals surface area contributed by atoms with Gasteiger partial charge in [0.15, 0.2) is 19.7 Å². The van der Waals surface area contributed by atoms with E-state index in [1.807, 2.05) is 19.1 Å². The van der Waals surface area contributed by atoms with Gasteiger partial charge < -0.3 is 14.0 Å². The molecule has 11 heteroatoms. The minimum absolute atomic E-state index is 0.0352. The Kier molecular flexibility index (Phi) is 6.24. The van der Waals surface area contributed by atoms with Gasteiger partial charge in [-0.3, -0.25) is 0 Å². The molecule has 0 saturated heterocycles. The van der Waals surface area contributed by atoms with Gasteiger partial charge in [0.25, 0.3) is 0 Å². The third-order valence-electron chi connectivity index (χ3n) is 6.89. The van der Waals surface area contributed by atoms with Crippen molar-refractivity contribution in [3.8, 4) is 28.5 Å². The first-order valence-electron chi connectivity index (χ1n) is 12.3. The van der Waals surface area contributed by atoms with E-state index in [0.29, 0.717) is 22.0 Å². The van der Waals surface area contributed by atoms with Crippen LogP contribution in [0.2, 0.25) is 5.02 Å². The monoisotopic (exact) mass is 585 g/mol. The first-order valence-corrected chi connectivity index (χ1v) is 16.2. The Morgan fingerprint density at radius 1 is 1.08 bits per heavy atom. The summed E-state index contributed by atoms with van der Waals surface area (Å²) in [5.41, 5.74) is 3.49. The summed E-state index contributed by atoms with van der Waals surface area (Å²) < 4.78 is 68.3. The standard InChI is InChI=1S/C28H24ClNO7S2/c1-16-4-3-5-22(29)26(16)27-21(28(37-30-27)17-6-7-17)14-35-19-9-11-23-25(12-19)39(33,34)15-18-8-10-20(38(2,31)32)13-24(18)36-23/h3-5,8-13,17H,6-7,14-15H2,1-2H3. The van der Waals surface area contributed by atoms with Crippen molar-refractivity contribution in [3.05, 3.63) is 82.1 Å². The van der Waals surface area contributed by atoms with Gasteiger partial charge in [-0.25, -0.2) is 16.8 Å². The molecule has 1 fully saturated rings. The molecule has 1 saturated carbocycles. The molecule has 0 atom stereocenters. The van der Waals surface area contributed by atoms with Crippen LogP contribution in [-0.4, -0.2) is 28.2 Å². The van der Waals surface area contributed by atoms with Crippen molar-refractivity contribution in [1.29, 1.82) is 0 Å². The zero-order chi connectivity index (χ0) is 27.5. The molecular weight excluding hydrogens is 562 g/mol. The Labute approximate surface area is 231 Å². The van der Waals surface area contributed by atoms with Gasteiger partial charge >= 0.3 is 0 Å². The molecule has 202 valence electrons. The number of hydrogen-bond acceptors (Lipinski definition) is 8. The Morgan fingerprint density at radius 2 is 1.87 bits per heavy atom. The number of aromatic nitrogens is 1. The van der Waals surface area contributed by atoms with Crippen LogP contribution in [0.25, 0.3) is 11.3 Å². The summed E-state index contributed by atoms with van der Waals surface area (Å²) in [6.07, 6.45) is 3.08. The van der Waals surface area contributed by atoms with Crippen molar-refractivity contribution in [1.82, 2.24) is 5.16 Å². The number of rotatable bonds is 6. The van der Waals surface area contributed by atoms with Gasteiger partial charge in [0.1, 0.15) is 40.2 Å². The molecule has 4 aromatic rings. The number of benzene rings is 3. The summed E-state index contributed by atoms with van der Waals surface area (Å²) in [6, 6.07) is 14.4. The first-order chi connectivity index (χ1) is 18.5. The van der Waals surface area contributed by atoms with Gasteiger partial charge in [-0.1, -0.05) is 35.0 Å². The van der Waals surface area contributed by atoms with Crippen LogP contribution in [-0.2, 0) is 32.0 Å². The van der Waals surface area contributed by atoms with Gasteiger partial charge in [-0.2, -0.15) is 0 Å². The minimum atomic E-state index is -3.81. The summed E-state index contributed by atoms with van der Waals surface area (Å²) in [4.78, 5) is 0.0128. The lowest BCUT2D eigenvalue weighted by atomic mass is 10.0. The minimum Gasteiger partial charge on any atom is -0.489 e. The van der Waals surface area contributed by atoms with E-state index in [0.717, 1.165) is 41.5 Å². The topological polar surface area (TPSA) is 113 Å². The molecule has 0 bridgehead atoms. The highest BCUT2D eigenvalue weighted by Crippen LogP contribution is 2.46. The molecule has 0 amide bonds. The van der Waals surface area contributed by atoms with Gasteiger partial charge in [0.2, 0.25) is 0 Å². The maximum Gasteiger partial charge on any atom is 0.186 e. The number of nitrogens with zero attached hydrogens (tertiary/aromatic N) is 1. The maximum atomic E-state index is 13.3. The van der Waals surface area contributed by atoms with Crippen molar-refractivity contribution in [2.24, 2.45) is 0 Å². The summed E-state index contributed by atoms with van der Waals surface area (Å²) in [5.74, 6) is 1.30. The molecule has 0 unspecified atom stereocenters. The van der Waals surface area contributed by atoms with E-state index >= 15 is 0 Å². The Morgan fingerprint density at radius 3 is 2.59 bits per heavy atom. The fourth-order valence-electron chi connectivity index (χ4n) is 4.70. The Bertz CT molecular complexity index is 1820. The third-order valence-corrected chi connectivity index (χ3v) is 10.00. The van der Waals surface area contributed by atoms with Crippen LogP contribution in [0, 0.1) is 6.92 Å². The first kappa shape index (κ1) is 25.9. The van der Waals surface area contributed by atoms with E-state index in [9.17, 15) is 16.8 Å². The molecule has 2 aliphatic rings. The van der Waals surface area contributed by atoms with Gasteiger partial charge in [0.05, 0.1) is 21.2 Å². The number of aryl methyl sites for hydroxylation is 1. The molecule has 1 aliphatic heterocycles. The molecule has 6 rings (SSSR count). The van der Waals surface area contributed by atoms with Crippen LogP contribution in [0.3, 0.4) is 0 Å². The highest BCUT2D eigenvalue weighted by molar-refractivity contribution is 7.91. The molecule has 0 spiro atoms. The summed E-state index contributed by atoms with van der Waals surface area (Å²) >= 11 is 6.52. The molecule has 2 heterocycles. The smallest absolute Gasteiger partial charge is 0.186 e. The zero-order valence-electron chi connectivity index (χ0n) is 21.1. The number of ether oxygens (including phenoxy) is 2. The molecule has 0 N–H and O–H groups in total. The highest BCUT2D eigenvalue weighted by Gasteiger charge is 2.34. The average Bonchev–Trinajstić information content (AvgIpc) is 3.64. The van der Waals surface area contributed by atoms with E-state index in [-0.39, 0.29) is 39.6 Å². The van der Waals surface area contributed by atoms with Gasteiger partial charge in [-0.05, 0) is 55.7 Å².